The molecule has 4 atom stereocenters. The van der Waals surface area contributed by atoms with Crippen LogP contribution in [0.1, 0.15) is 43.7 Å². The van der Waals surface area contributed by atoms with E-state index in [2.05, 4.69) is 5.32 Å². The van der Waals surface area contributed by atoms with Gasteiger partial charge in [0, 0.05) is 23.6 Å². The number of hydrogen-bond donors (Lipinski definition) is 4. The highest BCUT2D eigenvalue weighted by Gasteiger charge is 2.52. The molecule has 1 aliphatic heterocycles. The van der Waals surface area contributed by atoms with Gasteiger partial charge in [-0.15, -0.1) is 0 Å². The van der Waals surface area contributed by atoms with Crippen LogP contribution >= 0.6 is 0 Å². The van der Waals surface area contributed by atoms with Crippen LogP contribution in [0.5, 0.6) is 11.5 Å². The number of phenolic OH excluding ortho intramolecular Hbond substituents is 1. The normalized spacial score (nSPS) is 28.4. The van der Waals surface area contributed by atoms with E-state index in [1.165, 1.54) is 7.11 Å². The van der Waals surface area contributed by atoms with Crippen molar-refractivity contribution in [3.05, 3.63) is 54.1 Å². The van der Waals surface area contributed by atoms with Crippen molar-refractivity contribution in [2.24, 2.45) is 5.92 Å². The monoisotopic (exact) mass is 411 g/mol. The van der Waals surface area contributed by atoms with Gasteiger partial charge in [0.05, 0.1) is 19.3 Å². The van der Waals surface area contributed by atoms with E-state index in [0.29, 0.717) is 18.7 Å². The highest BCUT2D eigenvalue weighted by atomic mass is 16.5. The molecule has 2 fully saturated rings. The van der Waals surface area contributed by atoms with E-state index in [-0.39, 0.29) is 23.6 Å². The zero-order valence-corrected chi connectivity index (χ0v) is 17.4. The summed E-state index contributed by atoms with van der Waals surface area (Å²) in [5.74, 6) is 0.562. The highest BCUT2D eigenvalue weighted by Crippen LogP contribution is 2.45. The molecule has 2 aliphatic rings. The number of aliphatic hydroxyl groups is 1. The van der Waals surface area contributed by atoms with Crippen LogP contribution in [0.25, 0.3) is 0 Å². The second-order valence-corrected chi connectivity index (χ2v) is 8.61. The number of nitrogens with one attached hydrogen (secondary N) is 2. The van der Waals surface area contributed by atoms with E-state index in [1.807, 2.05) is 42.5 Å². The molecule has 30 heavy (non-hydrogen) atoms. The SMILES string of the molecule is COc1cc([C@@H]2[C@@H]3CCCC[C@@]3(O)CC[NH+]2CC(=O)Nc2ccccc2)ccc1O. The smallest absolute Gasteiger partial charge is 0.279 e. The van der Waals surface area contributed by atoms with Gasteiger partial charge in [-0.1, -0.05) is 31.0 Å². The largest absolute Gasteiger partial charge is 0.504 e. The molecular weight excluding hydrogens is 380 g/mol. The molecule has 0 spiro atoms. The van der Waals surface area contributed by atoms with Gasteiger partial charge in [-0.05, 0) is 43.2 Å². The molecule has 2 aromatic rings. The number of aromatic hydroxyl groups is 1. The van der Waals surface area contributed by atoms with E-state index in [1.54, 1.807) is 6.07 Å². The molecule has 1 aliphatic carbocycles. The second-order valence-electron chi connectivity index (χ2n) is 8.61. The van der Waals surface area contributed by atoms with E-state index in [9.17, 15) is 15.0 Å². The van der Waals surface area contributed by atoms with Crippen LogP contribution in [0.2, 0.25) is 0 Å². The first kappa shape index (κ1) is 20.7. The van der Waals surface area contributed by atoms with Gasteiger partial charge in [0.15, 0.2) is 18.0 Å². The molecule has 6 heteroatoms. The predicted octanol–water partition coefficient (Wildman–Crippen LogP) is 2.29. The van der Waals surface area contributed by atoms with Crippen molar-refractivity contribution in [2.45, 2.75) is 43.7 Å². The number of amides is 1. The van der Waals surface area contributed by atoms with Crippen molar-refractivity contribution in [3.8, 4) is 11.5 Å². The fourth-order valence-electron chi connectivity index (χ4n) is 5.34. The summed E-state index contributed by atoms with van der Waals surface area (Å²) in [5, 5.41) is 24.4. The Balaban J connectivity index is 1.62. The number of rotatable bonds is 5. The Labute approximate surface area is 177 Å². The second kappa shape index (κ2) is 8.66. The average molecular weight is 412 g/mol. The molecule has 1 saturated heterocycles. The van der Waals surface area contributed by atoms with Crippen LogP contribution < -0.4 is 15.0 Å². The summed E-state index contributed by atoms with van der Waals surface area (Å²) in [6, 6.07) is 14.9. The van der Waals surface area contributed by atoms with Crippen molar-refractivity contribution in [1.82, 2.24) is 0 Å². The molecule has 1 heterocycles. The Morgan fingerprint density at radius 2 is 2.00 bits per heavy atom. The minimum atomic E-state index is -0.687. The van der Waals surface area contributed by atoms with Gasteiger partial charge in [-0.25, -0.2) is 0 Å². The van der Waals surface area contributed by atoms with E-state index < -0.39 is 5.60 Å². The number of methoxy groups -OCH3 is 1. The first-order valence-electron chi connectivity index (χ1n) is 10.8. The summed E-state index contributed by atoms with van der Waals surface area (Å²) in [7, 11) is 1.54. The first-order valence-corrected chi connectivity index (χ1v) is 10.8. The van der Waals surface area contributed by atoms with Crippen LogP contribution in [0.15, 0.2) is 48.5 Å². The number of phenols is 1. The molecular formula is C24H31N2O4+. The summed E-state index contributed by atoms with van der Waals surface area (Å²) in [4.78, 5) is 14.0. The summed E-state index contributed by atoms with van der Waals surface area (Å²) >= 11 is 0. The number of fused-ring (bicyclic) bond motifs is 1. The van der Waals surface area contributed by atoms with Gasteiger partial charge >= 0.3 is 0 Å². The molecule has 160 valence electrons. The van der Waals surface area contributed by atoms with Crippen molar-refractivity contribution < 1.29 is 24.6 Å². The Morgan fingerprint density at radius 1 is 1.20 bits per heavy atom. The van der Waals surface area contributed by atoms with Crippen molar-refractivity contribution >= 4 is 11.6 Å². The topological polar surface area (TPSA) is 83.2 Å². The fourth-order valence-corrected chi connectivity index (χ4v) is 5.34. The summed E-state index contributed by atoms with van der Waals surface area (Å²) in [6.45, 7) is 1.05. The molecule has 1 amide bonds. The number of anilines is 1. The van der Waals surface area contributed by atoms with Crippen LogP contribution in [-0.4, -0.2) is 41.9 Å². The predicted molar refractivity (Wildman–Crippen MR) is 115 cm³/mol. The average Bonchev–Trinajstić information content (AvgIpc) is 2.75. The van der Waals surface area contributed by atoms with Crippen molar-refractivity contribution in [1.29, 1.82) is 0 Å². The van der Waals surface area contributed by atoms with Gasteiger partial charge in [0.1, 0.15) is 6.04 Å². The maximum atomic E-state index is 12.8. The van der Waals surface area contributed by atoms with Gasteiger partial charge in [0.25, 0.3) is 5.91 Å². The zero-order chi connectivity index (χ0) is 21.1. The standard InChI is InChI=1S/C24H30N2O4/c1-30-21-15-17(10-11-20(21)27)23-19-9-5-6-12-24(19,29)13-14-26(23)16-22(28)25-18-7-3-2-4-8-18/h2-4,7-8,10-11,15,19,23,27,29H,5-6,9,12-14,16H2,1H3,(H,25,28)/p+1/t19-,23+,24+/m0/s1. The molecule has 4 N–H and O–H groups in total. The number of likely N-dealkylation sites (tertiary alicyclic amines) is 1. The highest BCUT2D eigenvalue weighted by molar-refractivity contribution is 5.91. The quantitative estimate of drug-likeness (QED) is 0.608. The summed E-state index contributed by atoms with van der Waals surface area (Å²) in [6.07, 6.45) is 4.59. The van der Waals surface area contributed by atoms with Gasteiger partial charge in [-0.3, -0.25) is 4.79 Å². The lowest BCUT2D eigenvalue weighted by atomic mass is 9.66. The summed E-state index contributed by atoms with van der Waals surface area (Å²) < 4.78 is 5.33. The van der Waals surface area contributed by atoms with Gasteiger partial charge < -0.3 is 25.2 Å². The third-order valence-electron chi connectivity index (χ3n) is 6.79. The first-order chi connectivity index (χ1) is 14.5. The number of ether oxygens (including phenoxy) is 1. The molecule has 4 rings (SSSR count). The lowest BCUT2D eigenvalue weighted by molar-refractivity contribution is -0.937. The third-order valence-corrected chi connectivity index (χ3v) is 6.79. The van der Waals surface area contributed by atoms with Crippen LogP contribution in [-0.2, 0) is 4.79 Å². The van der Waals surface area contributed by atoms with E-state index in [0.717, 1.165) is 48.4 Å². The number of carbonyl (C=O) groups is 1. The van der Waals surface area contributed by atoms with Crippen molar-refractivity contribution in [2.75, 3.05) is 25.5 Å². The lowest BCUT2D eigenvalue weighted by Crippen LogP contribution is -3.16. The third kappa shape index (κ3) is 4.16. The Hall–Kier alpha value is -2.57. The molecule has 0 bridgehead atoms. The maximum Gasteiger partial charge on any atom is 0.279 e. The van der Waals surface area contributed by atoms with Gasteiger partial charge in [-0.2, -0.15) is 0 Å². The Bertz CT molecular complexity index is 888. The number of para-hydroxylation sites is 1. The minimum Gasteiger partial charge on any atom is -0.504 e. The van der Waals surface area contributed by atoms with E-state index >= 15 is 0 Å². The molecule has 0 aromatic heterocycles. The van der Waals surface area contributed by atoms with Crippen LogP contribution in [0.3, 0.4) is 0 Å². The zero-order valence-electron chi connectivity index (χ0n) is 17.4. The molecule has 0 radical (unpaired) electrons. The lowest BCUT2D eigenvalue weighted by Gasteiger charge is -2.50. The van der Waals surface area contributed by atoms with Gasteiger partial charge in [0.2, 0.25) is 0 Å². The van der Waals surface area contributed by atoms with Crippen molar-refractivity contribution in [3.63, 3.8) is 0 Å². The maximum absolute atomic E-state index is 12.8. The number of hydrogen-bond acceptors (Lipinski definition) is 4. The number of benzene rings is 2. The summed E-state index contributed by atoms with van der Waals surface area (Å²) in [5.41, 5.74) is 1.10. The molecule has 2 aromatic carbocycles. The Kier molecular flexibility index (Phi) is 5.97. The molecule has 1 saturated carbocycles. The van der Waals surface area contributed by atoms with Crippen LogP contribution in [0.4, 0.5) is 5.69 Å². The number of piperidine rings is 1. The minimum absolute atomic E-state index is 0.0277. The number of carbonyl (C=O) groups excluding carboxylic acids is 1. The van der Waals surface area contributed by atoms with E-state index in [4.69, 9.17) is 4.74 Å². The molecule has 6 nitrogen and oxygen atoms in total. The van der Waals surface area contributed by atoms with Crippen LogP contribution in [0, 0.1) is 5.92 Å². The number of quaternary nitrogens is 1. The molecule has 1 unspecified atom stereocenters. The fraction of sp³-hybridized carbons (Fsp3) is 0.458. The Morgan fingerprint density at radius 3 is 2.77 bits per heavy atom.